The number of nitrogens with zero attached hydrogens (tertiary/aromatic N) is 5. The van der Waals surface area contributed by atoms with Gasteiger partial charge in [-0.25, -0.2) is 23.2 Å². The van der Waals surface area contributed by atoms with Crippen LogP contribution in [-0.2, 0) is 16.4 Å². The first kappa shape index (κ1) is 19.6. The van der Waals surface area contributed by atoms with Crippen LogP contribution in [0, 0.1) is 0 Å². The Bertz CT molecular complexity index is 990. The van der Waals surface area contributed by atoms with E-state index in [2.05, 4.69) is 15.3 Å². The Morgan fingerprint density at radius 3 is 2.52 bits per heavy atom. The van der Waals surface area contributed by atoms with Crippen molar-refractivity contribution in [3.05, 3.63) is 42.2 Å². The van der Waals surface area contributed by atoms with Crippen LogP contribution in [0.2, 0.25) is 0 Å². The van der Waals surface area contributed by atoms with Crippen LogP contribution in [0.4, 0.5) is 16.4 Å². The molecule has 9 nitrogen and oxygen atoms in total. The smallest absolute Gasteiger partial charge is 0.321 e. The van der Waals surface area contributed by atoms with Gasteiger partial charge < -0.3 is 10.2 Å². The molecule has 0 unspecified atom stereocenters. The molecule has 0 aliphatic carbocycles. The van der Waals surface area contributed by atoms with Crippen molar-refractivity contribution in [2.75, 3.05) is 49.1 Å². The van der Waals surface area contributed by atoms with E-state index in [4.69, 9.17) is 0 Å². The molecule has 1 saturated heterocycles. The zero-order valence-corrected chi connectivity index (χ0v) is 17.1. The van der Waals surface area contributed by atoms with Crippen LogP contribution in [0.3, 0.4) is 0 Å². The number of piperazine rings is 1. The molecule has 0 atom stereocenters. The van der Waals surface area contributed by atoms with Crippen molar-refractivity contribution in [1.82, 2.24) is 19.6 Å². The summed E-state index contributed by atoms with van der Waals surface area (Å²) >= 11 is 0. The van der Waals surface area contributed by atoms with Gasteiger partial charge in [-0.3, -0.25) is 4.90 Å². The summed E-state index contributed by atoms with van der Waals surface area (Å²) in [5, 5.41) is 2.79. The van der Waals surface area contributed by atoms with E-state index < -0.39 is 10.0 Å². The number of fused-ring (bicyclic) bond motifs is 1. The van der Waals surface area contributed by atoms with E-state index in [-0.39, 0.29) is 10.9 Å². The SMILES string of the molecule is CCNC(=O)N1CCc2cc(S(=O)(=O)N3CCN(c4ncccn4)CC3)ccc21. The molecular formula is C19H24N6O3S. The highest BCUT2D eigenvalue weighted by Gasteiger charge is 2.31. The van der Waals surface area contributed by atoms with Gasteiger partial charge in [0.25, 0.3) is 0 Å². The van der Waals surface area contributed by atoms with Crippen molar-refractivity contribution in [2.45, 2.75) is 18.2 Å². The summed E-state index contributed by atoms with van der Waals surface area (Å²) in [5.74, 6) is 0.618. The van der Waals surface area contributed by atoms with Crippen molar-refractivity contribution in [3.8, 4) is 0 Å². The predicted octanol–water partition coefficient (Wildman–Crippen LogP) is 1.08. The number of hydrogen-bond acceptors (Lipinski definition) is 6. The summed E-state index contributed by atoms with van der Waals surface area (Å²) in [4.78, 5) is 24.5. The zero-order valence-electron chi connectivity index (χ0n) is 16.3. The summed E-state index contributed by atoms with van der Waals surface area (Å²) < 4.78 is 27.8. The van der Waals surface area contributed by atoms with Crippen molar-refractivity contribution in [2.24, 2.45) is 0 Å². The van der Waals surface area contributed by atoms with Gasteiger partial charge in [-0.15, -0.1) is 0 Å². The van der Waals surface area contributed by atoms with Crippen molar-refractivity contribution in [1.29, 1.82) is 0 Å². The first-order valence-electron chi connectivity index (χ1n) is 9.71. The number of amides is 2. The van der Waals surface area contributed by atoms with Crippen molar-refractivity contribution < 1.29 is 13.2 Å². The van der Waals surface area contributed by atoms with Gasteiger partial charge in [-0.2, -0.15) is 4.31 Å². The van der Waals surface area contributed by atoms with E-state index in [9.17, 15) is 13.2 Å². The fourth-order valence-electron chi connectivity index (χ4n) is 3.73. The lowest BCUT2D eigenvalue weighted by Crippen LogP contribution is -2.49. The highest BCUT2D eigenvalue weighted by atomic mass is 32.2. The lowest BCUT2D eigenvalue weighted by Gasteiger charge is -2.34. The normalized spacial score (nSPS) is 17.3. The number of rotatable bonds is 4. The molecular weight excluding hydrogens is 392 g/mol. The van der Waals surface area contributed by atoms with Crippen LogP contribution in [0.25, 0.3) is 0 Å². The number of hydrogen-bond donors (Lipinski definition) is 1. The highest BCUT2D eigenvalue weighted by Crippen LogP contribution is 2.31. The van der Waals surface area contributed by atoms with Gasteiger partial charge in [-0.05, 0) is 43.2 Å². The summed E-state index contributed by atoms with van der Waals surface area (Å²) in [6.07, 6.45) is 4.01. The number of benzene rings is 1. The summed E-state index contributed by atoms with van der Waals surface area (Å²) in [5.41, 5.74) is 1.66. The molecule has 1 aromatic heterocycles. The monoisotopic (exact) mass is 416 g/mol. The van der Waals surface area contributed by atoms with Crippen LogP contribution < -0.4 is 15.1 Å². The lowest BCUT2D eigenvalue weighted by molar-refractivity contribution is 0.247. The fourth-order valence-corrected chi connectivity index (χ4v) is 5.20. The van der Waals surface area contributed by atoms with Crippen LogP contribution in [-0.4, -0.2) is 68.0 Å². The summed E-state index contributed by atoms with van der Waals surface area (Å²) in [7, 11) is -3.59. The van der Waals surface area contributed by atoms with Crippen molar-refractivity contribution >= 4 is 27.7 Å². The van der Waals surface area contributed by atoms with Gasteiger partial charge in [0.15, 0.2) is 0 Å². The number of carbonyl (C=O) groups is 1. The number of nitrogens with one attached hydrogen (secondary N) is 1. The molecule has 0 radical (unpaired) electrons. The molecule has 29 heavy (non-hydrogen) atoms. The van der Waals surface area contributed by atoms with E-state index in [0.29, 0.717) is 51.6 Å². The first-order valence-corrected chi connectivity index (χ1v) is 11.1. The predicted molar refractivity (Wildman–Crippen MR) is 110 cm³/mol. The third kappa shape index (κ3) is 3.77. The third-order valence-corrected chi connectivity index (χ3v) is 7.13. The molecule has 2 aliphatic rings. The molecule has 0 spiro atoms. The largest absolute Gasteiger partial charge is 0.338 e. The highest BCUT2D eigenvalue weighted by molar-refractivity contribution is 7.89. The maximum Gasteiger partial charge on any atom is 0.321 e. The second kappa shape index (κ2) is 7.96. The minimum atomic E-state index is -3.59. The number of urea groups is 1. The minimum absolute atomic E-state index is 0.152. The van der Waals surface area contributed by atoms with Crippen LogP contribution in [0.1, 0.15) is 12.5 Å². The van der Waals surface area contributed by atoms with Gasteiger partial charge in [0.05, 0.1) is 4.90 Å². The standard InChI is InChI=1S/C19H24N6O3S/c1-2-20-19(26)25-9-6-15-14-16(4-5-17(15)25)29(27,28)24-12-10-23(11-13-24)18-21-7-3-8-22-18/h3-5,7-8,14H,2,6,9-13H2,1H3,(H,20,26). The molecule has 4 rings (SSSR count). The average molecular weight is 417 g/mol. The molecule has 1 fully saturated rings. The van der Waals surface area contributed by atoms with E-state index in [0.717, 1.165) is 11.3 Å². The van der Waals surface area contributed by atoms with Crippen LogP contribution >= 0.6 is 0 Å². The topological polar surface area (TPSA) is 98.7 Å². The Balaban J connectivity index is 1.48. The summed E-state index contributed by atoms with van der Waals surface area (Å²) in [6.45, 7) is 4.81. The van der Waals surface area contributed by atoms with Gasteiger partial charge in [0.2, 0.25) is 16.0 Å². The van der Waals surface area contributed by atoms with Gasteiger partial charge in [-0.1, -0.05) is 0 Å². The molecule has 2 amide bonds. The van der Waals surface area contributed by atoms with Gasteiger partial charge in [0, 0.05) is 57.3 Å². The second-order valence-electron chi connectivity index (χ2n) is 6.97. The maximum absolute atomic E-state index is 13.1. The Labute approximate surface area is 170 Å². The molecule has 2 aliphatic heterocycles. The molecule has 1 aromatic carbocycles. The number of aromatic nitrogens is 2. The molecule has 2 aromatic rings. The fraction of sp³-hybridized carbons (Fsp3) is 0.421. The maximum atomic E-state index is 13.1. The van der Waals surface area contributed by atoms with E-state index in [1.54, 1.807) is 41.6 Å². The van der Waals surface area contributed by atoms with Crippen LogP contribution in [0.15, 0.2) is 41.6 Å². The molecule has 3 heterocycles. The lowest BCUT2D eigenvalue weighted by atomic mass is 10.2. The van der Waals surface area contributed by atoms with E-state index in [1.807, 2.05) is 11.8 Å². The molecule has 0 bridgehead atoms. The number of sulfonamides is 1. The molecule has 0 saturated carbocycles. The van der Waals surface area contributed by atoms with Crippen molar-refractivity contribution in [3.63, 3.8) is 0 Å². The Hall–Kier alpha value is -2.72. The Morgan fingerprint density at radius 1 is 1.10 bits per heavy atom. The summed E-state index contributed by atoms with van der Waals surface area (Å²) in [6, 6.07) is 6.64. The van der Waals surface area contributed by atoms with Gasteiger partial charge in [0.1, 0.15) is 0 Å². The molecule has 10 heteroatoms. The first-order chi connectivity index (χ1) is 14.0. The molecule has 154 valence electrons. The Morgan fingerprint density at radius 2 is 1.83 bits per heavy atom. The second-order valence-corrected chi connectivity index (χ2v) is 8.91. The molecule has 1 N–H and O–H groups in total. The minimum Gasteiger partial charge on any atom is -0.338 e. The van der Waals surface area contributed by atoms with E-state index in [1.165, 1.54) is 4.31 Å². The van der Waals surface area contributed by atoms with E-state index >= 15 is 0 Å². The van der Waals surface area contributed by atoms with Gasteiger partial charge >= 0.3 is 6.03 Å². The number of anilines is 2. The third-order valence-electron chi connectivity index (χ3n) is 5.23. The Kier molecular flexibility index (Phi) is 5.37. The quantitative estimate of drug-likeness (QED) is 0.801. The average Bonchev–Trinajstić information content (AvgIpc) is 3.18. The van der Waals surface area contributed by atoms with Crippen LogP contribution in [0.5, 0.6) is 0 Å². The zero-order chi connectivity index (χ0) is 20.4. The number of carbonyl (C=O) groups excluding carboxylic acids is 1.